The SMILES string of the molecule is Cc1cc(C(F)(F)F)n(-c2nc(C)c(C(C)(C)C)s2)n1. The zero-order valence-electron chi connectivity index (χ0n) is 12.0. The summed E-state index contributed by atoms with van der Waals surface area (Å²) in [6.07, 6.45) is -4.44. The second-order valence-electron chi connectivity index (χ2n) is 5.74. The third kappa shape index (κ3) is 2.72. The van der Waals surface area contributed by atoms with E-state index >= 15 is 0 Å². The van der Waals surface area contributed by atoms with Crippen molar-refractivity contribution in [2.24, 2.45) is 0 Å². The van der Waals surface area contributed by atoms with Crippen molar-refractivity contribution in [2.75, 3.05) is 0 Å². The van der Waals surface area contributed by atoms with E-state index in [1.165, 1.54) is 18.3 Å². The van der Waals surface area contributed by atoms with Gasteiger partial charge in [-0.25, -0.2) is 9.67 Å². The maximum absolute atomic E-state index is 13.0. The molecule has 3 nitrogen and oxygen atoms in total. The summed E-state index contributed by atoms with van der Waals surface area (Å²) in [5.41, 5.74) is 0.131. The first kappa shape index (κ1) is 15.0. The summed E-state index contributed by atoms with van der Waals surface area (Å²) in [4.78, 5) is 5.22. The molecule has 7 heteroatoms. The molecule has 0 bridgehead atoms. The molecule has 0 radical (unpaired) electrons. The first-order valence-electron chi connectivity index (χ1n) is 6.12. The zero-order chi connectivity index (χ0) is 15.3. The third-order valence-corrected chi connectivity index (χ3v) is 4.33. The fourth-order valence-corrected chi connectivity index (χ4v) is 3.11. The number of thiazole rings is 1. The van der Waals surface area contributed by atoms with Gasteiger partial charge >= 0.3 is 6.18 Å². The van der Waals surface area contributed by atoms with Crippen molar-refractivity contribution in [1.29, 1.82) is 0 Å². The van der Waals surface area contributed by atoms with E-state index in [0.717, 1.165) is 21.3 Å². The third-order valence-electron chi connectivity index (χ3n) is 2.77. The van der Waals surface area contributed by atoms with Crippen LogP contribution in [0.3, 0.4) is 0 Å². The van der Waals surface area contributed by atoms with Gasteiger partial charge in [-0.3, -0.25) is 0 Å². The quantitative estimate of drug-likeness (QED) is 0.788. The standard InChI is InChI=1S/C13H16F3N3S/c1-7-6-9(13(14,15)16)19(18-7)11-17-8(2)10(20-11)12(3,4)5/h6H,1-5H3. The Morgan fingerprint density at radius 1 is 1.15 bits per heavy atom. The van der Waals surface area contributed by atoms with Crippen LogP contribution in [0.2, 0.25) is 0 Å². The largest absolute Gasteiger partial charge is 0.433 e. The Morgan fingerprint density at radius 3 is 2.20 bits per heavy atom. The van der Waals surface area contributed by atoms with E-state index < -0.39 is 11.9 Å². The van der Waals surface area contributed by atoms with Crippen molar-refractivity contribution < 1.29 is 13.2 Å². The van der Waals surface area contributed by atoms with Crippen LogP contribution >= 0.6 is 11.3 Å². The molecule has 0 aromatic carbocycles. The molecule has 0 saturated heterocycles. The molecule has 0 atom stereocenters. The Balaban J connectivity index is 2.59. The molecular formula is C13H16F3N3S. The van der Waals surface area contributed by atoms with Crippen molar-refractivity contribution in [3.05, 3.63) is 28.0 Å². The van der Waals surface area contributed by atoms with Crippen LogP contribution in [0.15, 0.2) is 6.07 Å². The maximum atomic E-state index is 13.0. The fraction of sp³-hybridized carbons (Fsp3) is 0.538. The van der Waals surface area contributed by atoms with Crippen LogP contribution in [0.25, 0.3) is 5.13 Å². The Hall–Kier alpha value is -1.37. The Morgan fingerprint density at radius 2 is 1.75 bits per heavy atom. The highest BCUT2D eigenvalue weighted by Gasteiger charge is 2.37. The van der Waals surface area contributed by atoms with Gasteiger partial charge in [0.2, 0.25) is 5.13 Å². The van der Waals surface area contributed by atoms with Crippen LogP contribution in [0, 0.1) is 13.8 Å². The molecule has 0 unspecified atom stereocenters. The molecule has 0 aliphatic heterocycles. The number of nitrogens with zero attached hydrogens (tertiary/aromatic N) is 3. The van der Waals surface area contributed by atoms with Crippen LogP contribution in [0.1, 0.15) is 42.7 Å². The van der Waals surface area contributed by atoms with Crippen LogP contribution in [-0.2, 0) is 11.6 Å². The summed E-state index contributed by atoms with van der Waals surface area (Å²) >= 11 is 1.25. The van der Waals surface area contributed by atoms with Gasteiger partial charge in [0.15, 0.2) is 5.69 Å². The number of aryl methyl sites for hydroxylation is 2. The lowest BCUT2D eigenvalue weighted by Crippen LogP contribution is -2.13. The van der Waals surface area contributed by atoms with Gasteiger partial charge in [0.25, 0.3) is 0 Å². The first-order valence-corrected chi connectivity index (χ1v) is 6.94. The predicted molar refractivity (Wildman–Crippen MR) is 72.4 cm³/mol. The van der Waals surface area contributed by atoms with Crippen molar-refractivity contribution >= 4 is 11.3 Å². The number of halogens is 3. The highest BCUT2D eigenvalue weighted by Crippen LogP contribution is 2.36. The molecule has 0 aliphatic carbocycles. The average Bonchev–Trinajstić information content (AvgIpc) is 2.79. The Labute approximate surface area is 119 Å². The minimum atomic E-state index is -4.44. The molecule has 0 amide bonds. The Bertz CT molecular complexity index is 632. The molecule has 2 aromatic heterocycles. The number of hydrogen-bond donors (Lipinski definition) is 0. The zero-order valence-corrected chi connectivity index (χ0v) is 12.8. The van der Waals surface area contributed by atoms with Gasteiger partial charge < -0.3 is 0 Å². The van der Waals surface area contributed by atoms with E-state index in [1.807, 2.05) is 27.7 Å². The summed E-state index contributed by atoms with van der Waals surface area (Å²) in [5, 5.41) is 4.19. The number of hydrogen-bond acceptors (Lipinski definition) is 3. The minimum Gasteiger partial charge on any atom is -0.223 e. The molecule has 2 heterocycles. The predicted octanol–water partition coefficient (Wildman–Crippen LogP) is 4.26. The van der Waals surface area contributed by atoms with Crippen molar-refractivity contribution in [3.63, 3.8) is 0 Å². The van der Waals surface area contributed by atoms with Gasteiger partial charge in [-0.2, -0.15) is 18.3 Å². The topological polar surface area (TPSA) is 30.7 Å². The van der Waals surface area contributed by atoms with E-state index in [1.54, 1.807) is 0 Å². The smallest absolute Gasteiger partial charge is 0.223 e. The monoisotopic (exact) mass is 303 g/mol. The maximum Gasteiger partial charge on any atom is 0.433 e. The van der Waals surface area contributed by atoms with E-state index in [9.17, 15) is 13.2 Å². The molecule has 110 valence electrons. The summed E-state index contributed by atoms with van der Waals surface area (Å²) < 4.78 is 39.9. The van der Waals surface area contributed by atoms with Crippen molar-refractivity contribution in [1.82, 2.24) is 14.8 Å². The molecule has 20 heavy (non-hydrogen) atoms. The summed E-state index contributed by atoms with van der Waals surface area (Å²) in [5.74, 6) is 0. The van der Waals surface area contributed by atoms with Crippen LogP contribution in [0.5, 0.6) is 0 Å². The molecule has 0 N–H and O–H groups in total. The fourth-order valence-electron chi connectivity index (χ4n) is 2.02. The van der Waals surface area contributed by atoms with Gasteiger partial charge in [0.05, 0.1) is 11.4 Å². The van der Waals surface area contributed by atoms with Crippen LogP contribution in [0.4, 0.5) is 13.2 Å². The lowest BCUT2D eigenvalue weighted by molar-refractivity contribution is -0.142. The molecular weight excluding hydrogens is 287 g/mol. The molecule has 0 saturated carbocycles. The number of alkyl halides is 3. The van der Waals surface area contributed by atoms with Gasteiger partial charge in [0.1, 0.15) is 0 Å². The molecule has 2 rings (SSSR count). The van der Waals surface area contributed by atoms with E-state index in [4.69, 9.17) is 0 Å². The second kappa shape index (κ2) is 4.58. The molecule has 2 aromatic rings. The van der Waals surface area contributed by atoms with E-state index in [0.29, 0.717) is 5.69 Å². The minimum absolute atomic E-state index is 0.152. The van der Waals surface area contributed by atoms with Gasteiger partial charge in [-0.15, -0.1) is 0 Å². The van der Waals surface area contributed by atoms with Crippen LogP contribution in [-0.4, -0.2) is 14.8 Å². The highest BCUT2D eigenvalue weighted by molar-refractivity contribution is 7.14. The summed E-state index contributed by atoms with van der Waals surface area (Å²) in [6.45, 7) is 9.38. The number of rotatable bonds is 1. The number of aromatic nitrogens is 3. The van der Waals surface area contributed by atoms with Crippen molar-refractivity contribution in [3.8, 4) is 5.13 Å². The van der Waals surface area contributed by atoms with Gasteiger partial charge in [0, 0.05) is 4.88 Å². The van der Waals surface area contributed by atoms with Crippen molar-refractivity contribution in [2.45, 2.75) is 46.2 Å². The first-order chi connectivity index (χ1) is 9.00. The normalized spacial score (nSPS) is 13.0. The summed E-state index contributed by atoms with van der Waals surface area (Å²) in [7, 11) is 0. The summed E-state index contributed by atoms with van der Waals surface area (Å²) in [6, 6.07) is 1.04. The molecule has 0 aliphatic rings. The Kier molecular flexibility index (Phi) is 3.44. The van der Waals surface area contributed by atoms with Gasteiger partial charge in [-0.1, -0.05) is 32.1 Å². The molecule has 0 fully saturated rings. The average molecular weight is 303 g/mol. The lowest BCUT2D eigenvalue weighted by atomic mass is 9.94. The second-order valence-corrected chi connectivity index (χ2v) is 6.72. The molecule has 0 spiro atoms. The van der Waals surface area contributed by atoms with E-state index in [2.05, 4.69) is 10.1 Å². The van der Waals surface area contributed by atoms with Gasteiger partial charge in [-0.05, 0) is 25.3 Å². The van der Waals surface area contributed by atoms with E-state index in [-0.39, 0.29) is 10.5 Å². The highest BCUT2D eigenvalue weighted by atomic mass is 32.1. The van der Waals surface area contributed by atoms with Crippen LogP contribution < -0.4 is 0 Å². The lowest BCUT2D eigenvalue weighted by Gasteiger charge is -2.16.